The summed E-state index contributed by atoms with van der Waals surface area (Å²) in [5.74, 6) is -0.0330. The summed E-state index contributed by atoms with van der Waals surface area (Å²) >= 11 is 0. The molecule has 1 N–H and O–H groups in total. The zero-order chi connectivity index (χ0) is 18.6. The summed E-state index contributed by atoms with van der Waals surface area (Å²) in [6.45, 7) is 2.81. The quantitative estimate of drug-likeness (QED) is 0.738. The van der Waals surface area contributed by atoms with E-state index in [4.69, 9.17) is 0 Å². The van der Waals surface area contributed by atoms with Crippen molar-refractivity contribution < 1.29 is 4.79 Å². The number of nitrogens with zero attached hydrogens (tertiary/aromatic N) is 2. The monoisotopic (exact) mass is 359 g/mol. The first kappa shape index (κ1) is 17.5. The van der Waals surface area contributed by atoms with Crippen LogP contribution in [-0.2, 0) is 19.4 Å². The van der Waals surface area contributed by atoms with E-state index >= 15 is 0 Å². The number of imidazole rings is 1. The van der Waals surface area contributed by atoms with Crippen LogP contribution in [0, 0.1) is 0 Å². The lowest BCUT2D eigenvalue weighted by Crippen LogP contribution is -2.26. The van der Waals surface area contributed by atoms with Crippen molar-refractivity contribution in [2.45, 2.75) is 45.2 Å². The molecule has 0 radical (unpaired) electrons. The first-order valence-corrected chi connectivity index (χ1v) is 9.66. The van der Waals surface area contributed by atoms with Gasteiger partial charge in [-0.25, -0.2) is 4.98 Å². The molecule has 4 heteroatoms. The number of hydrogen-bond acceptors (Lipinski definition) is 2. The molecule has 0 spiro atoms. The summed E-state index contributed by atoms with van der Waals surface area (Å²) in [6.07, 6.45) is 10.4. The minimum atomic E-state index is -0.0330. The zero-order valence-corrected chi connectivity index (χ0v) is 15.7. The number of nitrogens with one attached hydrogen (secondary N) is 1. The Morgan fingerprint density at radius 1 is 1.11 bits per heavy atom. The molecule has 0 fully saturated rings. The first-order valence-electron chi connectivity index (χ1n) is 9.66. The molecule has 0 saturated heterocycles. The van der Waals surface area contributed by atoms with Gasteiger partial charge < -0.3 is 9.88 Å². The van der Waals surface area contributed by atoms with Gasteiger partial charge in [-0.2, -0.15) is 0 Å². The van der Waals surface area contributed by atoms with Gasteiger partial charge in [0.05, 0.1) is 12.4 Å². The Balaban J connectivity index is 1.41. The highest BCUT2D eigenvalue weighted by Gasteiger charge is 2.15. The fourth-order valence-electron chi connectivity index (χ4n) is 3.74. The second-order valence-electron chi connectivity index (χ2n) is 7.36. The molecule has 1 aromatic heterocycles. The average molecular weight is 359 g/mol. The Hall–Kier alpha value is -2.88. The van der Waals surface area contributed by atoms with Crippen LogP contribution in [0.2, 0.25) is 0 Å². The number of aromatic nitrogens is 2. The topological polar surface area (TPSA) is 46.9 Å². The SMILES string of the molecule is C[C@H](NC(=O)c1ccc(Cn2ccnc2)cc1)c1ccc2c(c1)CCCC2. The molecular formula is C23H25N3O. The number of benzene rings is 2. The molecule has 4 nitrogen and oxygen atoms in total. The predicted molar refractivity (Wildman–Crippen MR) is 107 cm³/mol. The average Bonchev–Trinajstić information content (AvgIpc) is 3.21. The van der Waals surface area contributed by atoms with Crippen molar-refractivity contribution in [1.82, 2.24) is 14.9 Å². The minimum Gasteiger partial charge on any atom is -0.346 e. The maximum absolute atomic E-state index is 12.6. The summed E-state index contributed by atoms with van der Waals surface area (Å²) in [5.41, 5.74) is 5.93. The number of carbonyl (C=O) groups is 1. The molecule has 3 aromatic rings. The van der Waals surface area contributed by atoms with Crippen molar-refractivity contribution >= 4 is 5.91 Å². The van der Waals surface area contributed by atoms with E-state index in [1.165, 1.54) is 36.0 Å². The molecule has 0 bridgehead atoms. The third-order valence-electron chi connectivity index (χ3n) is 5.36. The van der Waals surface area contributed by atoms with Gasteiger partial charge in [0.15, 0.2) is 0 Å². The molecule has 1 atom stereocenters. The number of amides is 1. The van der Waals surface area contributed by atoms with Crippen LogP contribution >= 0.6 is 0 Å². The normalized spacial score (nSPS) is 14.4. The van der Waals surface area contributed by atoms with Gasteiger partial charge in [-0.15, -0.1) is 0 Å². The second kappa shape index (κ2) is 7.78. The van der Waals surface area contributed by atoms with Crippen molar-refractivity contribution in [1.29, 1.82) is 0 Å². The van der Waals surface area contributed by atoms with Crippen LogP contribution < -0.4 is 5.32 Å². The minimum absolute atomic E-state index is 0.00430. The smallest absolute Gasteiger partial charge is 0.251 e. The third-order valence-corrected chi connectivity index (χ3v) is 5.36. The summed E-state index contributed by atoms with van der Waals surface area (Å²) in [6, 6.07) is 14.4. The van der Waals surface area contributed by atoms with E-state index in [2.05, 4.69) is 35.4 Å². The molecule has 0 saturated carbocycles. The Kier molecular flexibility index (Phi) is 5.05. The molecule has 1 aliphatic carbocycles. The van der Waals surface area contributed by atoms with Crippen LogP contribution in [0.4, 0.5) is 0 Å². The van der Waals surface area contributed by atoms with E-state index in [-0.39, 0.29) is 11.9 Å². The summed E-state index contributed by atoms with van der Waals surface area (Å²) < 4.78 is 2.01. The Morgan fingerprint density at radius 2 is 1.89 bits per heavy atom. The van der Waals surface area contributed by atoms with Crippen molar-refractivity contribution in [2.24, 2.45) is 0 Å². The second-order valence-corrected chi connectivity index (χ2v) is 7.36. The largest absolute Gasteiger partial charge is 0.346 e. The van der Waals surface area contributed by atoms with Crippen molar-refractivity contribution in [3.8, 4) is 0 Å². The van der Waals surface area contributed by atoms with Gasteiger partial charge in [-0.1, -0.05) is 30.3 Å². The molecule has 0 aliphatic heterocycles. The van der Waals surface area contributed by atoms with Crippen LogP contribution in [0.5, 0.6) is 0 Å². The third kappa shape index (κ3) is 4.11. The molecule has 0 unspecified atom stereocenters. The lowest BCUT2D eigenvalue weighted by Gasteiger charge is -2.20. The lowest BCUT2D eigenvalue weighted by atomic mass is 9.89. The Morgan fingerprint density at radius 3 is 2.63 bits per heavy atom. The zero-order valence-electron chi connectivity index (χ0n) is 15.7. The standard InChI is InChI=1S/C23H25N3O/c1-17(21-11-10-19-4-2-3-5-22(19)14-21)25-23(27)20-8-6-18(7-9-20)15-26-13-12-24-16-26/h6-14,16-17H,2-5,15H2,1H3,(H,25,27)/t17-/m0/s1. The molecule has 1 amide bonds. The highest BCUT2D eigenvalue weighted by Crippen LogP contribution is 2.25. The fourth-order valence-corrected chi connectivity index (χ4v) is 3.74. The van der Waals surface area contributed by atoms with Gasteiger partial charge >= 0.3 is 0 Å². The predicted octanol–water partition coefficient (Wildman–Crippen LogP) is 4.30. The van der Waals surface area contributed by atoms with Crippen LogP contribution in [0.15, 0.2) is 61.2 Å². The van der Waals surface area contributed by atoms with E-state index in [0.29, 0.717) is 5.56 Å². The van der Waals surface area contributed by atoms with Gasteiger partial charge in [0.2, 0.25) is 0 Å². The fraction of sp³-hybridized carbons (Fsp3) is 0.304. The van der Waals surface area contributed by atoms with Gasteiger partial charge in [0.1, 0.15) is 0 Å². The Bertz CT molecular complexity index is 913. The number of aryl methyl sites for hydroxylation is 2. The van der Waals surface area contributed by atoms with Crippen molar-refractivity contribution in [3.05, 3.63) is 89.0 Å². The van der Waals surface area contributed by atoms with E-state index in [9.17, 15) is 4.79 Å². The van der Waals surface area contributed by atoms with Crippen LogP contribution in [0.25, 0.3) is 0 Å². The molecule has 2 aromatic carbocycles. The maximum Gasteiger partial charge on any atom is 0.251 e. The molecule has 27 heavy (non-hydrogen) atoms. The number of rotatable bonds is 5. The van der Waals surface area contributed by atoms with Gasteiger partial charge in [0.25, 0.3) is 5.91 Å². The molecule has 138 valence electrons. The molecule has 4 rings (SSSR count). The lowest BCUT2D eigenvalue weighted by molar-refractivity contribution is 0.0940. The van der Waals surface area contributed by atoms with E-state index in [1.807, 2.05) is 35.0 Å². The van der Waals surface area contributed by atoms with E-state index in [1.54, 1.807) is 12.5 Å². The highest BCUT2D eigenvalue weighted by molar-refractivity contribution is 5.94. The molecule has 1 heterocycles. The summed E-state index contributed by atoms with van der Waals surface area (Å²) in [5, 5.41) is 3.13. The van der Waals surface area contributed by atoms with Crippen LogP contribution in [0.3, 0.4) is 0 Å². The summed E-state index contributed by atoms with van der Waals surface area (Å²) in [4.78, 5) is 16.7. The highest BCUT2D eigenvalue weighted by atomic mass is 16.1. The van der Waals surface area contributed by atoms with Gasteiger partial charge in [0, 0.05) is 24.5 Å². The van der Waals surface area contributed by atoms with Crippen molar-refractivity contribution in [2.75, 3.05) is 0 Å². The van der Waals surface area contributed by atoms with E-state index < -0.39 is 0 Å². The number of carbonyl (C=O) groups excluding carboxylic acids is 1. The van der Waals surface area contributed by atoms with E-state index in [0.717, 1.165) is 18.5 Å². The van der Waals surface area contributed by atoms with Gasteiger partial charge in [-0.05, 0) is 67.0 Å². The van der Waals surface area contributed by atoms with Crippen molar-refractivity contribution in [3.63, 3.8) is 0 Å². The molecule has 1 aliphatic rings. The Labute approximate surface area is 160 Å². The molecular weight excluding hydrogens is 334 g/mol. The van der Waals surface area contributed by atoms with Gasteiger partial charge in [-0.3, -0.25) is 4.79 Å². The van der Waals surface area contributed by atoms with Crippen LogP contribution in [-0.4, -0.2) is 15.5 Å². The van der Waals surface area contributed by atoms with Crippen LogP contribution in [0.1, 0.15) is 58.4 Å². The maximum atomic E-state index is 12.6. The summed E-state index contributed by atoms with van der Waals surface area (Å²) in [7, 11) is 0. The first-order chi connectivity index (χ1) is 13.2. The number of fused-ring (bicyclic) bond motifs is 1. The number of hydrogen-bond donors (Lipinski definition) is 1.